The predicted octanol–water partition coefficient (Wildman–Crippen LogP) is 3.59. The number of halogens is 1. The lowest BCUT2D eigenvalue weighted by atomic mass is 9.84. The van der Waals surface area contributed by atoms with E-state index < -0.39 is 0 Å². The fraction of sp³-hybridized carbons (Fsp3) is 0.667. The number of amides is 3. The number of hydrogen-bond acceptors (Lipinski definition) is 4. The third-order valence-electron chi connectivity index (χ3n) is 5.51. The summed E-state index contributed by atoms with van der Waals surface area (Å²) in [5.74, 6) is 1.91. The number of carbonyl (C=O) groups excluding carboxylic acids is 2. The van der Waals surface area contributed by atoms with Gasteiger partial charge in [-0.25, -0.2) is 4.79 Å². The summed E-state index contributed by atoms with van der Waals surface area (Å²) in [6.07, 6.45) is 5.19. The average Bonchev–Trinajstić information content (AvgIpc) is 3.23. The van der Waals surface area contributed by atoms with Crippen molar-refractivity contribution in [3.05, 3.63) is 20.8 Å². The number of thiophene rings is 1. The second kappa shape index (κ2) is 8.18. The number of fused-ring (bicyclic) bond motifs is 2. The van der Waals surface area contributed by atoms with Gasteiger partial charge >= 0.3 is 6.03 Å². The SMILES string of the molecule is CC(NC(=O)NC(=O)CN(C)Cc1ccc(Br)s1)C1CC2CCC1C2. The van der Waals surface area contributed by atoms with Gasteiger partial charge in [0.1, 0.15) is 0 Å². The molecular formula is C18H26BrN3O2S. The molecule has 0 aliphatic heterocycles. The van der Waals surface area contributed by atoms with Crippen LogP contribution in [0.1, 0.15) is 37.5 Å². The standard InChI is InChI=1S/C18H26BrN3O2S/c1-11(15-8-12-3-4-13(15)7-12)20-18(24)21-17(23)10-22(2)9-14-5-6-16(19)25-14/h5-6,11-13,15H,3-4,7-10H2,1-2H3,(H2,20,21,23,24). The van der Waals surface area contributed by atoms with Crippen LogP contribution in [0.15, 0.2) is 15.9 Å². The molecule has 7 heteroatoms. The van der Waals surface area contributed by atoms with E-state index in [1.54, 1.807) is 11.3 Å². The zero-order valence-corrected chi connectivity index (χ0v) is 17.2. The van der Waals surface area contributed by atoms with Gasteiger partial charge in [-0.05, 0) is 79.1 Å². The third-order valence-corrected chi connectivity index (χ3v) is 7.12. The normalized spacial score (nSPS) is 26.0. The molecule has 0 aromatic carbocycles. The van der Waals surface area contributed by atoms with Gasteiger partial charge < -0.3 is 5.32 Å². The van der Waals surface area contributed by atoms with Gasteiger partial charge in [0, 0.05) is 17.5 Å². The van der Waals surface area contributed by atoms with Crippen molar-refractivity contribution in [2.75, 3.05) is 13.6 Å². The molecule has 2 saturated carbocycles. The molecule has 1 heterocycles. The summed E-state index contributed by atoms with van der Waals surface area (Å²) in [5, 5.41) is 5.43. The van der Waals surface area contributed by atoms with E-state index in [9.17, 15) is 9.59 Å². The first-order valence-electron chi connectivity index (χ1n) is 8.94. The van der Waals surface area contributed by atoms with Crippen molar-refractivity contribution < 1.29 is 9.59 Å². The van der Waals surface area contributed by atoms with Crippen LogP contribution >= 0.6 is 27.3 Å². The van der Waals surface area contributed by atoms with Gasteiger partial charge in [-0.3, -0.25) is 15.0 Å². The number of nitrogens with one attached hydrogen (secondary N) is 2. The lowest BCUT2D eigenvalue weighted by molar-refractivity contribution is -0.121. The maximum atomic E-state index is 12.1. The van der Waals surface area contributed by atoms with Crippen LogP contribution in [0.4, 0.5) is 4.79 Å². The summed E-state index contributed by atoms with van der Waals surface area (Å²) < 4.78 is 1.08. The molecule has 0 spiro atoms. The van der Waals surface area contributed by atoms with E-state index in [-0.39, 0.29) is 24.5 Å². The van der Waals surface area contributed by atoms with Crippen molar-refractivity contribution >= 4 is 39.2 Å². The number of urea groups is 1. The van der Waals surface area contributed by atoms with Gasteiger partial charge in [0.15, 0.2) is 0 Å². The molecule has 2 fully saturated rings. The van der Waals surface area contributed by atoms with E-state index in [1.165, 1.54) is 30.6 Å². The summed E-state index contributed by atoms with van der Waals surface area (Å²) in [4.78, 5) is 27.3. The maximum absolute atomic E-state index is 12.1. The topological polar surface area (TPSA) is 61.4 Å². The first kappa shape index (κ1) is 18.9. The van der Waals surface area contributed by atoms with Crippen LogP contribution in [0.2, 0.25) is 0 Å². The molecular weight excluding hydrogens is 402 g/mol. The minimum atomic E-state index is -0.368. The van der Waals surface area contributed by atoms with Crippen LogP contribution in [0, 0.1) is 17.8 Å². The molecule has 5 nitrogen and oxygen atoms in total. The quantitative estimate of drug-likeness (QED) is 0.728. The highest BCUT2D eigenvalue weighted by molar-refractivity contribution is 9.11. The fourth-order valence-corrected chi connectivity index (χ4v) is 5.99. The molecule has 2 aliphatic carbocycles. The van der Waals surface area contributed by atoms with E-state index >= 15 is 0 Å². The largest absolute Gasteiger partial charge is 0.335 e. The second-order valence-electron chi connectivity index (χ2n) is 7.53. The van der Waals surface area contributed by atoms with E-state index in [4.69, 9.17) is 0 Å². The van der Waals surface area contributed by atoms with Gasteiger partial charge in [0.05, 0.1) is 10.3 Å². The summed E-state index contributed by atoms with van der Waals surface area (Å²) in [5.41, 5.74) is 0. The summed E-state index contributed by atoms with van der Waals surface area (Å²) >= 11 is 5.09. The maximum Gasteiger partial charge on any atom is 0.321 e. The van der Waals surface area contributed by atoms with E-state index in [0.29, 0.717) is 12.5 Å². The average molecular weight is 428 g/mol. The predicted molar refractivity (Wildman–Crippen MR) is 103 cm³/mol. The minimum Gasteiger partial charge on any atom is -0.335 e. The van der Waals surface area contributed by atoms with Gasteiger partial charge in [-0.15, -0.1) is 11.3 Å². The van der Waals surface area contributed by atoms with Crippen LogP contribution in [-0.2, 0) is 11.3 Å². The van der Waals surface area contributed by atoms with E-state index in [0.717, 1.165) is 15.6 Å². The molecule has 0 radical (unpaired) electrons. The van der Waals surface area contributed by atoms with Gasteiger partial charge in [0.2, 0.25) is 5.91 Å². The lowest BCUT2D eigenvalue weighted by Crippen LogP contribution is -2.48. The molecule has 138 valence electrons. The molecule has 3 rings (SSSR count). The van der Waals surface area contributed by atoms with E-state index in [2.05, 4.69) is 33.5 Å². The molecule has 1 aromatic heterocycles. The Morgan fingerprint density at radius 3 is 2.76 bits per heavy atom. The Kier molecular flexibility index (Phi) is 6.17. The Labute approximate surface area is 161 Å². The van der Waals surface area contributed by atoms with Crippen molar-refractivity contribution in [1.82, 2.24) is 15.5 Å². The number of hydrogen-bond donors (Lipinski definition) is 2. The monoisotopic (exact) mass is 427 g/mol. The van der Waals surface area contributed by atoms with Gasteiger partial charge in [0.25, 0.3) is 0 Å². The molecule has 2 N–H and O–H groups in total. The van der Waals surface area contributed by atoms with Crippen molar-refractivity contribution in [2.24, 2.45) is 17.8 Å². The van der Waals surface area contributed by atoms with Crippen LogP contribution in [0.5, 0.6) is 0 Å². The van der Waals surface area contributed by atoms with E-state index in [1.807, 2.05) is 24.1 Å². The molecule has 3 amide bonds. The number of imide groups is 1. The Morgan fingerprint density at radius 1 is 1.36 bits per heavy atom. The minimum absolute atomic E-state index is 0.129. The third kappa shape index (κ3) is 5.05. The van der Waals surface area contributed by atoms with Gasteiger partial charge in [-0.2, -0.15) is 0 Å². The van der Waals surface area contributed by atoms with Gasteiger partial charge in [-0.1, -0.05) is 6.42 Å². The molecule has 1 aromatic rings. The van der Waals surface area contributed by atoms with Crippen molar-refractivity contribution in [2.45, 2.75) is 45.2 Å². The first-order valence-corrected chi connectivity index (χ1v) is 10.5. The number of likely N-dealkylation sites (N-methyl/N-ethyl adjacent to an activating group) is 1. The lowest BCUT2D eigenvalue weighted by Gasteiger charge is -2.28. The van der Waals surface area contributed by atoms with Crippen LogP contribution in [0.3, 0.4) is 0 Å². The molecule has 2 bridgehead atoms. The highest BCUT2D eigenvalue weighted by Gasteiger charge is 2.42. The first-order chi connectivity index (χ1) is 11.9. The molecule has 4 atom stereocenters. The highest BCUT2D eigenvalue weighted by Crippen LogP contribution is 2.49. The Bertz CT molecular complexity index is 636. The summed E-state index contributed by atoms with van der Waals surface area (Å²) in [6.45, 7) is 2.95. The number of nitrogens with zero attached hydrogens (tertiary/aromatic N) is 1. The molecule has 4 unspecified atom stereocenters. The zero-order valence-electron chi connectivity index (χ0n) is 14.8. The second-order valence-corrected chi connectivity index (χ2v) is 10.1. The smallest absolute Gasteiger partial charge is 0.321 e. The zero-order chi connectivity index (χ0) is 18.0. The van der Waals surface area contributed by atoms with Crippen molar-refractivity contribution in [1.29, 1.82) is 0 Å². The van der Waals surface area contributed by atoms with Crippen LogP contribution in [-0.4, -0.2) is 36.5 Å². The highest BCUT2D eigenvalue weighted by atomic mass is 79.9. The Hall–Kier alpha value is -0.920. The summed E-state index contributed by atoms with van der Waals surface area (Å²) in [7, 11) is 1.88. The molecule has 25 heavy (non-hydrogen) atoms. The molecule has 2 aliphatic rings. The van der Waals surface area contributed by atoms with Crippen LogP contribution in [0.25, 0.3) is 0 Å². The Morgan fingerprint density at radius 2 is 2.16 bits per heavy atom. The van der Waals surface area contributed by atoms with Crippen molar-refractivity contribution in [3.63, 3.8) is 0 Å². The summed E-state index contributed by atoms with van der Waals surface area (Å²) in [6, 6.07) is 3.79. The van der Waals surface area contributed by atoms with Crippen LogP contribution < -0.4 is 10.6 Å². The fourth-order valence-electron chi connectivity index (χ4n) is 4.43. The number of carbonyl (C=O) groups is 2. The molecule has 0 saturated heterocycles. The Balaban J connectivity index is 1.39. The number of rotatable bonds is 6. The van der Waals surface area contributed by atoms with Crippen molar-refractivity contribution in [3.8, 4) is 0 Å².